The maximum absolute atomic E-state index is 12.7. The molecule has 1 atom stereocenters. The van der Waals surface area contributed by atoms with Crippen molar-refractivity contribution in [1.82, 2.24) is 19.9 Å². The molecule has 5 rings (SSSR count). The van der Waals surface area contributed by atoms with Gasteiger partial charge in [-0.1, -0.05) is 30.3 Å². The van der Waals surface area contributed by atoms with E-state index in [0.29, 0.717) is 24.3 Å². The number of ether oxygens (including phenoxy) is 1. The van der Waals surface area contributed by atoms with Gasteiger partial charge in [-0.15, -0.1) is 0 Å². The van der Waals surface area contributed by atoms with Gasteiger partial charge in [0.15, 0.2) is 21.2 Å². The van der Waals surface area contributed by atoms with Gasteiger partial charge in [-0.3, -0.25) is 4.79 Å². The van der Waals surface area contributed by atoms with Gasteiger partial charge in [0.05, 0.1) is 11.4 Å². The molecule has 1 aliphatic heterocycles. The van der Waals surface area contributed by atoms with E-state index in [4.69, 9.17) is 4.74 Å². The molecule has 0 radical (unpaired) electrons. The smallest absolute Gasteiger partial charge is 0.272 e. The summed E-state index contributed by atoms with van der Waals surface area (Å²) in [6.45, 7) is 4.16. The third-order valence-electron chi connectivity index (χ3n) is 5.88. The topological polar surface area (TPSA) is 103 Å². The molecular formula is C25H24N4O4S. The molecule has 3 heterocycles. The first-order valence-electron chi connectivity index (χ1n) is 10.9. The summed E-state index contributed by atoms with van der Waals surface area (Å²) in [6.07, 6.45) is 1.64. The fourth-order valence-corrected chi connectivity index (χ4v) is 4.89. The number of nitrogens with zero attached hydrogens (tertiary/aromatic N) is 3. The van der Waals surface area contributed by atoms with Gasteiger partial charge in [-0.05, 0) is 43.2 Å². The maximum atomic E-state index is 12.7. The van der Waals surface area contributed by atoms with E-state index in [1.54, 1.807) is 34.8 Å². The number of fused-ring (bicyclic) bond motifs is 2. The summed E-state index contributed by atoms with van der Waals surface area (Å²) in [5.41, 5.74) is 5.54. The van der Waals surface area contributed by atoms with Crippen LogP contribution in [0.1, 0.15) is 27.4 Å². The first kappa shape index (κ1) is 22.1. The fraction of sp³-hybridized carbons (Fsp3) is 0.240. The van der Waals surface area contributed by atoms with E-state index in [0.717, 1.165) is 33.8 Å². The molecule has 0 aliphatic carbocycles. The predicted octanol–water partition coefficient (Wildman–Crippen LogP) is 3.15. The molecule has 2 aromatic carbocycles. The van der Waals surface area contributed by atoms with Crippen LogP contribution in [-0.2, 0) is 16.3 Å². The number of para-hydroxylation sites is 1. The molecule has 34 heavy (non-hydrogen) atoms. The van der Waals surface area contributed by atoms with E-state index in [1.165, 1.54) is 6.26 Å². The largest absolute Gasteiger partial charge is 0.487 e. The summed E-state index contributed by atoms with van der Waals surface area (Å²) in [6, 6.07) is 16.3. The normalized spacial score (nSPS) is 15.2. The van der Waals surface area contributed by atoms with Crippen molar-refractivity contribution < 1.29 is 17.9 Å². The number of carbonyl (C=O) groups is 1. The Kier molecular flexibility index (Phi) is 5.36. The van der Waals surface area contributed by atoms with Crippen LogP contribution in [0.5, 0.6) is 5.75 Å². The molecule has 4 aromatic rings. The third kappa shape index (κ3) is 4.14. The zero-order valence-corrected chi connectivity index (χ0v) is 19.9. The number of benzene rings is 2. The Balaban J connectivity index is 1.30. The van der Waals surface area contributed by atoms with Crippen LogP contribution in [0.4, 0.5) is 0 Å². The van der Waals surface area contributed by atoms with E-state index in [2.05, 4.69) is 15.4 Å². The van der Waals surface area contributed by atoms with Crippen LogP contribution in [0.2, 0.25) is 0 Å². The van der Waals surface area contributed by atoms with Crippen molar-refractivity contribution in [3.05, 3.63) is 77.2 Å². The van der Waals surface area contributed by atoms with Crippen molar-refractivity contribution in [3.8, 4) is 16.9 Å². The second-order valence-electron chi connectivity index (χ2n) is 8.58. The summed E-state index contributed by atoms with van der Waals surface area (Å²) in [7, 11) is -3.26. The zero-order valence-electron chi connectivity index (χ0n) is 19.1. The highest BCUT2D eigenvalue weighted by atomic mass is 32.2. The Morgan fingerprint density at radius 1 is 1.15 bits per heavy atom. The number of hydrogen-bond acceptors (Lipinski definition) is 6. The fourth-order valence-electron chi connectivity index (χ4n) is 4.26. The van der Waals surface area contributed by atoms with Crippen LogP contribution < -0.4 is 10.1 Å². The van der Waals surface area contributed by atoms with Crippen molar-refractivity contribution in [3.63, 3.8) is 0 Å². The first-order chi connectivity index (χ1) is 16.2. The molecule has 9 heteroatoms. The van der Waals surface area contributed by atoms with Crippen molar-refractivity contribution >= 4 is 21.4 Å². The molecule has 1 unspecified atom stereocenters. The van der Waals surface area contributed by atoms with Crippen LogP contribution in [0, 0.1) is 13.8 Å². The van der Waals surface area contributed by atoms with Crippen molar-refractivity contribution in [1.29, 1.82) is 0 Å². The average molecular weight is 477 g/mol. The molecule has 0 bridgehead atoms. The van der Waals surface area contributed by atoms with Crippen molar-refractivity contribution in [2.24, 2.45) is 0 Å². The van der Waals surface area contributed by atoms with Gasteiger partial charge in [-0.2, -0.15) is 5.10 Å². The molecule has 1 amide bonds. The van der Waals surface area contributed by atoms with Gasteiger partial charge in [0, 0.05) is 35.7 Å². The molecule has 1 N–H and O–H groups in total. The molecule has 2 aromatic heterocycles. The minimum absolute atomic E-state index is 0.213. The highest BCUT2D eigenvalue weighted by molar-refractivity contribution is 7.90. The lowest BCUT2D eigenvalue weighted by atomic mass is 10.0. The van der Waals surface area contributed by atoms with Crippen molar-refractivity contribution in [2.75, 3.05) is 12.8 Å². The Morgan fingerprint density at radius 2 is 1.91 bits per heavy atom. The number of carbonyl (C=O) groups excluding carboxylic acids is 1. The molecule has 8 nitrogen and oxygen atoms in total. The number of rotatable bonds is 5. The maximum Gasteiger partial charge on any atom is 0.272 e. The summed E-state index contributed by atoms with van der Waals surface area (Å²) in [5.74, 6) is 0.482. The number of sulfone groups is 1. The molecule has 0 spiro atoms. The van der Waals surface area contributed by atoms with Crippen molar-refractivity contribution in [2.45, 2.75) is 31.3 Å². The van der Waals surface area contributed by atoms with E-state index in [9.17, 15) is 13.2 Å². The van der Waals surface area contributed by atoms with Gasteiger partial charge in [-0.25, -0.2) is 17.9 Å². The molecule has 0 saturated carbocycles. The lowest BCUT2D eigenvalue weighted by Crippen LogP contribution is -2.34. The minimum Gasteiger partial charge on any atom is -0.487 e. The second-order valence-corrected chi connectivity index (χ2v) is 10.6. The van der Waals surface area contributed by atoms with E-state index < -0.39 is 9.84 Å². The van der Waals surface area contributed by atoms with Gasteiger partial charge in [0.1, 0.15) is 11.9 Å². The third-order valence-corrected chi connectivity index (χ3v) is 7.01. The van der Waals surface area contributed by atoms with E-state index in [-0.39, 0.29) is 16.9 Å². The number of aromatic nitrogens is 3. The van der Waals surface area contributed by atoms with E-state index >= 15 is 0 Å². The lowest BCUT2D eigenvalue weighted by Gasteiger charge is -2.13. The standard InChI is InChI=1S/C25H24N4O4S/c1-15-11-16(2)29-23(27-15)13-22(28-29)25(30)26-14-19-12-18-5-4-6-21(24(18)33-19)17-7-9-20(10-8-17)34(3,31)32/h4-11,13,19H,12,14H2,1-3H3,(H,26,30). The van der Waals surface area contributed by atoms with Gasteiger partial charge in [0.2, 0.25) is 0 Å². The quantitative estimate of drug-likeness (QED) is 0.475. The van der Waals surface area contributed by atoms with Crippen LogP contribution in [0.15, 0.2) is 59.5 Å². The van der Waals surface area contributed by atoms with Crippen LogP contribution in [0.3, 0.4) is 0 Å². The summed E-state index contributed by atoms with van der Waals surface area (Å²) >= 11 is 0. The Labute approximate surface area is 197 Å². The predicted molar refractivity (Wildman–Crippen MR) is 128 cm³/mol. The highest BCUT2D eigenvalue weighted by Gasteiger charge is 2.26. The molecule has 1 aliphatic rings. The molecule has 0 saturated heterocycles. The Bertz CT molecular complexity index is 1520. The van der Waals surface area contributed by atoms with Gasteiger partial charge in [0.25, 0.3) is 5.91 Å². The summed E-state index contributed by atoms with van der Waals surface area (Å²) in [4.78, 5) is 17.4. The molecule has 0 fully saturated rings. The van der Waals surface area contributed by atoms with Crippen LogP contribution in [0.25, 0.3) is 16.8 Å². The summed E-state index contributed by atoms with van der Waals surface area (Å²) < 4.78 is 31.4. The summed E-state index contributed by atoms with van der Waals surface area (Å²) in [5, 5.41) is 7.29. The first-order valence-corrected chi connectivity index (χ1v) is 12.8. The van der Waals surface area contributed by atoms with Gasteiger partial charge >= 0.3 is 0 Å². The molecule has 174 valence electrons. The zero-order chi connectivity index (χ0) is 24.0. The number of nitrogens with one attached hydrogen (secondary N) is 1. The Hall–Kier alpha value is -3.72. The SMILES string of the molecule is Cc1cc(C)n2nc(C(=O)NCC3Cc4cccc(-c5ccc(S(C)(=O)=O)cc5)c4O3)cc2n1. The highest BCUT2D eigenvalue weighted by Crippen LogP contribution is 2.38. The lowest BCUT2D eigenvalue weighted by molar-refractivity contribution is 0.0928. The Morgan fingerprint density at radius 3 is 2.65 bits per heavy atom. The average Bonchev–Trinajstić information content (AvgIpc) is 3.41. The minimum atomic E-state index is -3.26. The van der Waals surface area contributed by atoms with Gasteiger partial charge < -0.3 is 10.1 Å². The van der Waals surface area contributed by atoms with E-state index in [1.807, 2.05) is 38.1 Å². The van der Waals surface area contributed by atoms with Crippen LogP contribution in [-0.4, -0.2) is 47.8 Å². The van der Waals surface area contributed by atoms with Crippen LogP contribution >= 0.6 is 0 Å². The number of amides is 1. The number of hydrogen-bond donors (Lipinski definition) is 1. The number of aryl methyl sites for hydroxylation is 2. The monoisotopic (exact) mass is 476 g/mol. The molecular weight excluding hydrogens is 452 g/mol. The second kappa shape index (κ2) is 8.25.